The van der Waals surface area contributed by atoms with E-state index in [1.165, 1.54) is 0 Å². The number of halogens is 1. The minimum atomic E-state index is -0.469. The number of ether oxygens (including phenoxy) is 1. The zero-order valence-corrected chi connectivity index (χ0v) is 20.5. The summed E-state index contributed by atoms with van der Waals surface area (Å²) in [5.41, 5.74) is 0.928. The van der Waals surface area contributed by atoms with Gasteiger partial charge in [-0.15, -0.1) is 0 Å². The third kappa shape index (κ3) is 3.95. The minimum absolute atomic E-state index is 0.0533. The second-order valence-corrected chi connectivity index (χ2v) is 10.9. The smallest absolute Gasteiger partial charge is 0.319 e. The van der Waals surface area contributed by atoms with Gasteiger partial charge in [0.15, 0.2) is 5.82 Å². The van der Waals surface area contributed by atoms with Crippen LogP contribution >= 0.6 is 0 Å². The van der Waals surface area contributed by atoms with Crippen molar-refractivity contribution in [2.45, 2.75) is 37.8 Å². The van der Waals surface area contributed by atoms with E-state index in [2.05, 4.69) is 15.2 Å². The van der Waals surface area contributed by atoms with Gasteiger partial charge in [-0.25, -0.2) is 4.39 Å². The van der Waals surface area contributed by atoms with Crippen molar-refractivity contribution in [1.29, 1.82) is 0 Å². The van der Waals surface area contributed by atoms with Gasteiger partial charge in [0, 0.05) is 41.5 Å². The van der Waals surface area contributed by atoms with Gasteiger partial charge in [-0.2, -0.15) is 9.97 Å². The van der Waals surface area contributed by atoms with Crippen molar-refractivity contribution in [3.63, 3.8) is 0 Å². The Morgan fingerprint density at radius 3 is 2.54 bits per heavy atom. The molecule has 37 heavy (non-hydrogen) atoms. The SMILES string of the molecule is OCC1(COc2nc(N3C[C@H]4CC[C@@H](C3)N4)c3ccc(-c4cc(O)cc5ccccc45)c(F)c3n2)CC1. The Balaban J connectivity index is 1.38. The largest absolute Gasteiger partial charge is 0.508 e. The number of piperazine rings is 1. The lowest BCUT2D eigenvalue weighted by Gasteiger charge is -2.34. The molecule has 4 aromatic rings. The Morgan fingerprint density at radius 1 is 1.00 bits per heavy atom. The van der Waals surface area contributed by atoms with Crippen LogP contribution in [-0.2, 0) is 0 Å². The zero-order chi connectivity index (χ0) is 25.1. The number of aromatic hydroxyl groups is 1. The quantitative estimate of drug-likeness (QED) is 0.362. The molecule has 1 aromatic heterocycles. The van der Waals surface area contributed by atoms with Crippen molar-refractivity contribution < 1.29 is 19.3 Å². The number of phenols is 1. The van der Waals surface area contributed by atoms with Crippen LogP contribution in [0.3, 0.4) is 0 Å². The highest BCUT2D eigenvalue weighted by Gasteiger charge is 2.43. The van der Waals surface area contributed by atoms with E-state index in [9.17, 15) is 10.2 Å². The number of fused-ring (bicyclic) bond motifs is 4. The Kier molecular flexibility index (Phi) is 5.23. The summed E-state index contributed by atoms with van der Waals surface area (Å²) in [5, 5.41) is 26.1. The molecule has 3 heterocycles. The van der Waals surface area contributed by atoms with Gasteiger partial charge in [-0.3, -0.25) is 0 Å². The number of benzene rings is 3. The Bertz CT molecular complexity index is 1510. The number of anilines is 1. The normalized spacial score (nSPS) is 22.1. The van der Waals surface area contributed by atoms with Crippen LogP contribution in [0.5, 0.6) is 11.8 Å². The summed E-state index contributed by atoms with van der Waals surface area (Å²) in [6.45, 7) is 1.95. The summed E-state index contributed by atoms with van der Waals surface area (Å²) < 4.78 is 22.4. The molecule has 7 nitrogen and oxygen atoms in total. The first kappa shape index (κ1) is 22.7. The summed E-state index contributed by atoms with van der Waals surface area (Å²) in [6, 6.07) is 15.4. The molecule has 3 aromatic carbocycles. The van der Waals surface area contributed by atoms with Crippen LogP contribution in [0.2, 0.25) is 0 Å². The summed E-state index contributed by atoms with van der Waals surface area (Å²) in [5.74, 6) is 0.289. The van der Waals surface area contributed by atoms with Gasteiger partial charge in [0.1, 0.15) is 17.1 Å². The maximum Gasteiger partial charge on any atom is 0.319 e. The van der Waals surface area contributed by atoms with Crippen LogP contribution in [0.4, 0.5) is 10.2 Å². The van der Waals surface area contributed by atoms with Gasteiger partial charge in [-0.05, 0) is 60.2 Å². The molecule has 7 rings (SSSR count). The average molecular weight is 501 g/mol. The van der Waals surface area contributed by atoms with Crippen LogP contribution in [0.15, 0.2) is 48.5 Å². The number of nitrogens with one attached hydrogen (secondary N) is 1. The maximum absolute atomic E-state index is 16.4. The first-order chi connectivity index (χ1) is 18.0. The molecule has 8 heteroatoms. The maximum atomic E-state index is 16.4. The molecule has 2 atom stereocenters. The van der Waals surface area contributed by atoms with Crippen molar-refractivity contribution in [1.82, 2.24) is 15.3 Å². The molecule has 2 bridgehead atoms. The van der Waals surface area contributed by atoms with Gasteiger partial charge in [0.2, 0.25) is 0 Å². The summed E-state index contributed by atoms with van der Waals surface area (Å²) >= 11 is 0. The number of hydrogen-bond acceptors (Lipinski definition) is 7. The van der Waals surface area contributed by atoms with Gasteiger partial charge in [0.05, 0.1) is 13.2 Å². The fourth-order valence-corrected chi connectivity index (χ4v) is 5.87. The molecule has 0 radical (unpaired) electrons. The van der Waals surface area contributed by atoms with Gasteiger partial charge >= 0.3 is 6.01 Å². The summed E-state index contributed by atoms with van der Waals surface area (Å²) in [4.78, 5) is 11.5. The topological polar surface area (TPSA) is 90.7 Å². The molecule has 3 aliphatic rings. The molecule has 0 unspecified atom stereocenters. The van der Waals surface area contributed by atoms with E-state index in [4.69, 9.17) is 9.72 Å². The molecular weight excluding hydrogens is 471 g/mol. The average Bonchev–Trinajstić information content (AvgIpc) is 3.63. The van der Waals surface area contributed by atoms with E-state index in [0.29, 0.717) is 41.0 Å². The minimum Gasteiger partial charge on any atom is -0.508 e. The van der Waals surface area contributed by atoms with Crippen LogP contribution in [0, 0.1) is 11.2 Å². The fraction of sp³-hybridized carbons (Fsp3) is 0.379. The van der Waals surface area contributed by atoms with E-state index < -0.39 is 5.82 Å². The lowest BCUT2D eigenvalue weighted by molar-refractivity contribution is 0.140. The van der Waals surface area contributed by atoms with Crippen molar-refractivity contribution >= 4 is 27.5 Å². The Hall–Kier alpha value is -3.49. The zero-order valence-electron chi connectivity index (χ0n) is 20.5. The van der Waals surface area contributed by atoms with Gasteiger partial charge in [-0.1, -0.05) is 30.3 Å². The molecule has 0 spiro atoms. The predicted molar refractivity (Wildman–Crippen MR) is 141 cm³/mol. The van der Waals surface area contributed by atoms with E-state index in [1.54, 1.807) is 18.2 Å². The van der Waals surface area contributed by atoms with E-state index >= 15 is 4.39 Å². The van der Waals surface area contributed by atoms with E-state index in [0.717, 1.165) is 49.5 Å². The molecule has 2 saturated heterocycles. The number of phenolic OH excluding ortho intramolecular Hbond substituents is 1. The number of rotatable bonds is 6. The molecule has 2 aliphatic heterocycles. The number of aliphatic hydroxyl groups is 1. The van der Waals surface area contributed by atoms with Gasteiger partial charge in [0.25, 0.3) is 0 Å². The number of aromatic nitrogens is 2. The number of aliphatic hydroxyl groups excluding tert-OH is 1. The highest BCUT2D eigenvalue weighted by Crippen LogP contribution is 2.45. The number of nitrogens with zero attached hydrogens (tertiary/aromatic N) is 3. The van der Waals surface area contributed by atoms with Crippen molar-refractivity contribution in [2.75, 3.05) is 31.2 Å². The molecule has 0 amide bonds. The Labute approximate surface area is 213 Å². The van der Waals surface area contributed by atoms with Crippen LogP contribution < -0.4 is 15.0 Å². The summed E-state index contributed by atoms with van der Waals surface area (Å²) in [6.07, 6.45) is 4.04. The van der Waals surface area contributed by atoms with Gasteiger partial charge < -0.3 is 25.2 Å². The highest BCUT2D eigenvalue weighted by atomic mass is 19.1. The molecule has 3 fully saturated rings. The van der Waals surface area contributed by atoms with Crippen molar-refractivity contribution in [2.24, 2.45) is 5.41 Å². The van der Waals surface area contributed by atoms with Crippen molar-refractivity contribution in [3.8, 4) is 22.9 Å². The predicted octanol–water partition coefficient (Wildman–Crippen LogP) is 4.39. The lowest BCUT2D eigenvalue weighted by atomic mass is 9.96. The van der Waals surface area contributed by atoms with Crippen LogP contribution in [0.1, 0.15) is 25.7 Å². The molecule has 3 N–H and O–H groups in total. The van der Waals surface area contributed by atoms with Crippen LogP contribution in [0.25, 0.3) is 32.8 Å². The first-order valence-corrected chi connectivity index (χ1v) is 13.0. The third-order valence-electron chi connectivity index (χ3n) is 8.22. The molecule has 1 aliphatic carbocycles. The van der Waals surface area contributed by atoms with Crippen molar-refractivity contribution in [3.05, 3.63) is 54.3 Å². The Morgan fingerprint density at radius 2 is 1.78 bits per heavy atom. The third-order valence-corrected chi connectivity index (χ3v) is 8.22. The molecule has 1 saturated carbocycles. The number of hydrogen-bond donors (Lipinski definition) is 3. The molecule has 190 valence electrons. The summed E-state index contributed by atoms with van der Waals surface area (Å²) in [7, 11) is 0. The lowest BCUT2D eigenvalue weighted by Crippen LogP contribution is -2.51. The van der Waals surface area contributed by atoms with E-state index in [-0.39, 0.29) is 29.3 Å². The standard InChI is InChI=1S/C29H29FN4O3/c30-25-22(24-12-20(36)11-17-3-1-2-4-21(17)24)7-8-23-26(25)32-28(37-16-29(15-35)9-10-29)33-27(23)34-13-18-5-6-19(14-34)31-18/h1-4,7-8,11-12,18-19,31,35-36H,5-6,9-10,13-16H2/t18-,19+. The second-order valence-electron chi connectivity index (χ2n) is 10.9. The molecular formula is C29H29FN4O3. The highest BCUT2D eigenvalue weighted by molar-refractivity contribution is 6.01. The second kappa shape index (κ2) is 8.53. The monoisotopic (exact) mass is 500 g/mol. The van der Waals surface area contributed by atoms with E-state index in [1.807, 2.05) is 30.3 Å². The first-order valence-electron chi connectivity index (χ1n) is 13.0. The fourth-order valence-electron chi connectivity index (χ4n) is 5.87. The van der Waals surface area contributed by atoms with Crippen LogP contribution in [-0.4, -0.2) is 58.6 Å².